The van der Waals surface area contributed by atoms with E-state index in [1.807, 2.05) is 13.0 Å². The van der Waals surface area contributed by atoms with E-state index < -0.39 is 0 Å². The number of fused-ring (bicyclic) bond motifs is 1. The number of aryl methyl sites for hydroxylation is 1. The monoisotopic (exact) mass is 205 g/mol. The van der Waals surface area contributed by atoms with Gasteiger partial charge in [-0.3, -0.25) is 0 Å². The highest BCUT2D eigenvalue weighted by atomic mass is 32.1. The lowest BCUT2D eigenvalue weighted by atomic mass is 10.2. The largest absolute Gasteiger partial charge is 0.375 e. The van der Waals surface area contributed by atoms with E-state index in [0.29, 0.717) is 10.8 Å². The maximum Gasteiger partial charge on any atom is 0.181 e. The lowest BCUT2D eigenvalue weighted by Gasteiger charge is -1.96. The third kappa shape index (κ3) is 1.37. The van der Waals surface area contributed by atoms with Gasteiger partial charge in [-0.2, -0.15) is 0 Å². The number of nitrogen functional groups attached to an aromatic ring is 1. The van der Waals surface area contributed by atoms with Crippen molar-refractivity contribution in [1.29, 1.82) is 0 Å². The Kier molecular flexibility index (Phi) is 1.99. The lowest BCUT2D eigenvalue weighted by Crippen LogP contribution is -1.79. The first-order chi connectivity index (χ1) is 6.70. The molecule has 0 atom stereocenters. The van der Waals surface area contributed by atoms with Gasteiger partial charge in [0.2, 0.25) is 0 Å². The van der Waals surface area contributed by atoms with Crippen LogP contribution in [0.5, 0.6) is 0 Å². The fourth-order valence-corrected chi connectivity index (χ4v) is 2.05. The van der Waals surface area contributed by atoms with E-state index in [0.717, 1.165) is 15.8 Å². The molecule has 0 fully saturated rings. The number of hydrogen-bond acceptors (Lipinski definition) is 4. The number of azide groups is 1. The van der Waals surface area contributed by atoms with Gasteiger partial charge in [-0.1, -0.05) is 16.5 Å². The molecule has 1 aromatic heterocycles. The maximum atomic E-state index is 8.34. The number of thiazole rings is 1. The molecule has 0 saturated carbocycles. The summed E-state index contributed by atoms with van der Waals surface area (Å²) in [5.41, 5.74) is 16.2. The van der Waals surface area contributed by atoms with Crippen molar-refractivity contribution in [3.05, 3.63) is 28.1 Å². The van der Waals surface area contributed by atoms with E-state index >= 15 is 0 Å². The molecule has 70 valence electrons. The molecule has 0 aliphatic heterocycles. The van der Waals surface area contributed by atoms with Gasteiger partial charge >= 0.3 is 0 Å². The molecule has 0 unspecified atom stereocenters. The molecule has 0 aliphatic rings. The fraction of sp³-hybridized carbons (Fsp3) is 0.125. The molecule has 1 aromatic carbocycles. The second kappa shape index (κ2) is 3.17. The van der Waals surface area contributed by atoms with Gasteiger partial charge in [0.15, 0.2) is 5.13 Å². The predicted octanol–water partition coefficient (Wildman–Crippen LogP) is 3.13. The lowest BCUT2D eigenvalue weighted by molar-refractivity contribution is 1.38. The molecule has 2 N–H and O–H groups in total. The van der Waals surface area contributed by atoms with Crippen molar-refractivity contribution in [1.82, 2.24) is 4.98 Å². The minimum absolute atomic E-state index is 0.525. The van der Waals surface area contributed by atoms with Crippen LogP contribution in [0.4, 0.5) is 10.8 Å². The quantitative estimate of drug-likeness (QED) is 0.440. The second-order valence-electron chi connectivity index (χ2n) is 2.85. The molecular formula is C8H7N5S. The molecule has 14 heavy (non-hydrogen) atoms. The normalized spacial score (nSPS) is 10.1. The summed E-state index contributed by atoms with van der Waals surface area (Å²) in [6, 6.07) is 3.67. The average Bonchev–Trinajstić information content (AvgIpc) is 2.45. The van der Waals surface area contributed by atoms with Crippen LogP contribution in [0.25, 0.3) is 20.7 Å². The average molecular weight is 205 g/mol. The summed E-state index contributed by atoms with van der Waals surface area (Å²) in [4.78, 5) is 6.86. The summed E-state index contributed by atoms with van der Waals surface area (Å²) in [7, 11) is 0. The minimum atomic E-state index is 0.525. The standard InChI is InChI=1S/C8H7N5S/c1-4-2-7-6(11-8(9)14-7)3-5(4)12-13-10/h2-3H,1H3,(H2,9,11). The Balaban J connectivity index is 2.75. The summed E-state index contributed by atoms with van der Waals surface area (Å²) in [6.07, 6.45) is 0. The second-order valence-corrected chi connectivity index (χ2v) is 3.91. The van der Waals surface area contributed by atoms with Crippen molar-refractivity contribution in [2.24, 2.45) is 5.11 Å². The molecule has 0 spiro atoms. The third-order valence-corrected chi connectivity index (χ3v) is 2.72. The summed E-state index contributed by atoms with van der Waals surface area (Å²) in [5.74, 6) is 0. The molecule has 2 aromatic rings. The molecule has 2 rings (SSSR count). The molecule has 5 nitrogen and oxygen atoms in total. The van der Waals surface area contributed by atoms with Gasteiger partial charge in [0.1, 0.15) is 0 Å². The highest BCUT2D eigenvalue weighted by Gasteiger charge is 2.04. The topological polar surface area (TPSA) is 87.7 Å². The molecule has 6 heteroatoms. The number of anilines is 1. The molecule has 0 saturated heterocycles. The molecule has 0 amide bonds. The van der Waals surface area contributed by atoms with Gasteiger partial charge in [0.25, 0.3) is 0 Å². The van der Waals surface area contributed by atoms with Crippen LogP contribution in [0.2, 0.25) is 0 Å². The summed E-state index contributed by atoms with van der Waals surface area (Å²) in [6.45, 7) is 1.89. The van der Waals surface area contributed by atoms with Crippen LogP contribution < -0.4 is 5.73 Å². The molecule has 0 aliphatic carbocycles. The maximum absolute atomic E-state index is 8.34. The van der Waals surface area contributed by atoms with Gasteiger partial charge in [-0.15, -0.1) is 0 Å². The zero-order valence-corrected chi connectivity index (χ0v) is 8.25. The number of nitrogens with zero attached hydrogens (tertiary/aromatic N) is 4. The minimum Gasteiger partial charge on any atom is -0.375 e. The van der Waals surface area contributed by atoms with Gasteiger partial charge < -0.3 is 5.73 Å². The van der Waals surface area contributed by atoms with Crippen LogP contribution in [0.15, 0.2) is 17.2 Å². The Morgan fingerprint density at radius 2 is 2.36 bits per heavy atom. The Hall–Kier alpha value is -1.78. The van der Waals surface area contributed by atoms with Crippen molar-refractivity contribution in [2.45, 2.75) is 6.92 Å². The van der Waals surface area contributed by atoms with E-state index in [4.69, 9.17) is 11.3 Å². The van der Waals surface area contributed by atoms with Gasteiger partial charge in [-0.05, 0) is 30.2 Å². The van der Waals surface area contributed by atoms with Gasteiger partial charge in [-0.25, -0.2) is 4.98 Å². The summed E-state index contributed by atoms with van der Waals surface area (Å²) >= 11 is 1.42. The van der Waals surface area contributed by atoms with Crippen molar-refractivity contribution < 1.29 is 0 Å². The Labute approximate surface area is 83.8 Å². The number of benzene rings is 1. The first-order valence-corrected chi connectivity index (χ1v) is 4.74. The SMILES string of the molecule is Cc1cc2sc(N)nc2cc1N=[N+]=[N-]. The predicted molar refractivity (Wildman–Crippen MR) is 57.6 cm³/mol. The summed E-state index contributed by atoms with van der Waals surface area (Å²) < 4.78 is 1.01. The number of rotatable bonds is 1. The number of nitrogens with two attached hydrogens (primary N) is 1. The number of hydrogen-bond donors (Lipinski definition) is 1. The van der Waals surface area contributed by atoms with E-state index in [1.54, 1.807) is 6.07 Å². The van der Waals surface area contributed by atoms with Crippen molar-refractivity contribution >= 4 is 32.4 Å². The van der Waals surface area contributed by atoms with Crippen LogP contribution in [-0.4, -0.2) is 4.98 Å². The first-order valence-electron chi connectivity index (χ1n) is 3.92. The molecular weight excluding hydrogens is 198 g/mol. The van der Waals surface area contributed by atoms with Crippen molar-refractivity contribution in [3.63, 3.8) is 0 Å². The Morgan fingerprint density at radius 1 is 1.57 bits per heavy atom. The molecule has 0 radical (unpaired) electrons. The van der Waals surface area contributed by atoms with Gasteiger partial charge in [0.05, 0.1) is 10.2 Å². The smallest absolute Gasteiger partial charge is 0.181 e. The van der Waals surface area contributed by atoms with Crippen LogP contribution in [-0.2, 0) is 0 Å². The highest BCUT2D eigenvalue weighted by molar-refractivity contribution is 7.22. The zero-order chi connectivity index (χ0) is 10.1. The van der Waals surface area contributed by atoms with Crippen LogP contribution >= 0.6 is 11.3 Å². The van der Waals surface area contributed by atoms with Crippen LogP contribution in [0.1, 0.15) is 5.56 Å². The van der Waals surface area contributed by atoms with Crippen LogP contribution in [0, 0.1) is 6.92 Å². The van der Waals surface area contributed by atoms with E-state index in [2.05, 4.69) is 15.0 Å². The van der Waals surface area contributed by atoms with E-state index in [9.17, 15) is 0 Å². The van der Waals surface area contributed by atoms with Crippen molar-refractivity contribution in [2.75, 3.05) is 5.73 Å². The first kappa shape index (κ1) is 8.80. The van der Waals surface area contributed by atoms with E-state index in [1.165, 1.54) is 11.3 Å². The van der Waals surface area contributed by atoms with Crippen LogP contribution in [0.3, 0.4) is 0 Å². The zero-order valence-electron chi connectivity index (χ0n) is 7.43. The van der Waals surface area contributed by atoms with E-state index in [-0.39, 0.29) is 0 Å². The fourth-order valence-electron chi connectivity index (χ4n) is 1.24. The third-order valence-electron chi connectivity index (χ3n) is 1.88. The Bertz CT molecular complexity index is 538. The summed E-state index contributed by atoms with van der Waals surface area (Å²) in [5, 5.41) is 4.10. The molecule has 0 bridgehead atoms. The number of aromatic nitrogens is 1. The van der Waals surface area contributed by atoms with Crippen molar-refractivity contribution in [3.8, 4) is 0 Å². The van der Waals surface area contributed by atoms with Gasteiger partial charge in [0, 0.05) is 10.6 Å². The Morgan fingerprint density at radius 3 is 3.07 bits per heavy atom. The molecule has 1 heterocycles. The highest BCUT2D eigenvalue weighted by Crippen LogP contribution is 2.30.